The Bertz CT molecular complexity index is 602. The largest absolute Gasteiger partial charge is 0.478 e. The van der Waals surface area contributed by atoms with Crippen molar-refractivity contribution in [3.05, 3.63) is 53.5 Å². The molecule has 0 unspecified atom stereocenters. The molecule has 0 spiro atoms. The second kappa shape index (κ2) is 5.71. The standard InChI is InChI=1S/C13H11FN2O2S/c14-11-3-1-8(13(17)18)5-9(11)7-19-12-4-2-10(15)6-16-12/h1-6H,7,15H2,(H,17,18). The van der Waals surface area contributed by atoms with Crippen molar-refractivity contribution in [1.82, 2.24) is 4.98 Å². The maximum atomic E-state index is 13.6. The number of nitrogens with zero attached hydrogens (tertiary/aromatic N) is 1. The lowest BCUT2D eigenvalue weighted by atomic mass is 10.1. The Morgan fingerprint density at radius 1 is 1.37 bits per heavy atom. The van der Waals surface area contributed by atoms with Crippen LogP contribution in [-0.2, 0) is 5.75 Å². The predicted molar refractivity (Wildman–Crippen MR) is 71.6 cm³/mol. The average molecular weight is 278 g/mol. The molecule has 0 aliphatic rings. The van der Waals surface area contributed by atoms with Gasteiger partial charge in [0.15, 0.2) is 0 Å². The first-order valence-corrected chi connectivity index (χ1v) is 6.41. The Hall–Kier alpha value is -2.08. The number of nitrogen functional groups attached to an aromatic ring is 1. The lowest BCUT2D eigenvalue weighted by molar-refractivity contribution is 0.0696. The number of aromatic carboxylic acids is 1. The fourth-order valence-electron chi connectivity index (χ4n) is 1.45. The first-order valence-electron chi connectivity index (χ1n) is 5.42. The number of hydrogen-bond donors (Lipinski definition) is 2. The monoisotopic (exact) mass is 278 g/mol. The third-order valence-corrected chi connectivity index (χ3v) is 3.42. The van der Waals surface area contributed by atoms with E-state index in [2.05, 4.69) is 4.98 Å². The summed E-state index contributed by atoms with van der Waals surface area (Å²) >= 11 is 1.32. The third kappa shape index (κ3) is 3.45. The van der Waals surface area contributed by atoms with Crippen LogP contribution in [0.5, 0.6) is 0 Å². The minimum atomic E-state index is -1.07. The van der Waals surface area contributed by atoms with E-state index >= 15 is 0 Å². The van der Waals surface area contributed by atoms with Gasteiger partial charge < -0.3 is 10.8 Å². The van der Waals surface area contributed by atoms with E-state index in [1.54, 1.807) is 12.1 Å². The van der Waals surface area contributed by atoms with E-state index in [0.29, 0.717) is 22.0 Å². The van der Waals surface area contributed by atoms with Crippen LogP contribution < -0.4 is 5.73 Å². The molecule has 0 fully saturated rings. The number of rotatable bonds is 4. The molecule has 2 rings (SSSR count). The van der Waals surface area contributed by atoms with Crippen LogP contribution in [0.2, 0.25) is 0 Å². The molecule has 3 N–H and O–H groups in total. The molecule has 0 radical (unpaired) electrons. The fourth-order valence-corrected chi connectivity index (χ4v) is 2.26. The highest BCUT2D eigenvalue weighted by Gasteiger charge is 2.09. The van der Waals surface area contributed by atoms with Crippen LogP contribution in [-0.4, -0.2) is 16.1 Å². The average Bonchev–Trinajstić information content (AvgIpc) is 2.39. The van der Waals surface area contributed by atoms with E-state index in [4.69, 9.17) is 10.8 Å². The summed E-state index contributed by atoms with van der Waals surface area (Å²) in [6, 6.07) is 7.18. The van der Waals surface area contributed by atoms with E-state index in [9.17, 15) is 9.18 Å². The molecule has 4 nitrogen and oxygen atoms in total. The summed E-state index contributed by atoms with van der Waals surface area (Å²) in [6.07, 6.45) is 1.52. The molecule has 0 aliphatic heterocycles. The Morgan fingerprint density at radius 2 is 2.16 bits per heavy atom. The first kappa shape index (κ1) is 13.4. The lowest BCUT2D eigenvalue weighted by Crippen LogP contribution is -1.99. The molecule has 2 aromatic rings. The van der Waals surface area contributed by atoms with E-state index in [0.717, 1.165) is 6.07 Å². The highest BCUT2D eigenvalue weighted by Crippen LogP contribution is 2.23. The number of halogens is 1. The van der Waals surface area contributed by atoms with Gasteiger partial charge in [-0.15, -0.1) is 11.8 Å². The minimum Gasteiger partial charge on any atom is -0.478 e. The van der Waals surface area contributed by atoms with Crippen molar-refractivity contribution in [2.75, 3.05) is 5.73 Å². The van der Waals surface area contributed by atoms with Crippen LogP contribution in [0.4, 0.5) is 10.1 Å². The number of nitrogens with two attached hydrogens (primary N) is 1. The Kier molecular flexibility index (Phi) is 4.01. The molecule has 0 saturated heterocycles. The summed E-state index contributed by atoms with van der Waals surface area (Å²) in [5.74, 6) is -1.19. The number of thioether (sulfide) groups is 1. The van der Waals surface area contributed by atoms with Crippen LogP contribution in [0, 0.1) is 5.82 Å². The van der Waals surface area contributed by atoms with E-state index < -0.39 is 11.8 Å². The molecule has 0 atom stereocenters. The zero-order valence-electron chi connectivity index (χ0n) is 9.84. The van der Waals surface area contributed by atoms with E-state index in [1.807, 2.05) is 0 Å². The molecule has 1 aromatic carbocycles. The Morgan fingerprint density at radius 3 is 2.79 bits per heavy atom. The molecule has 0 bridgehead atoms. The summed E-state index contributed by atoms with van der Waals surface area (Å²) in [7, 11) is 0. The number of hydrogen-bond acceptors (Lipinski definition) is 4. The molecular weight excluding hydrogens is 267 g/mol. The van der Waals surface area contributed by atoms with Crippen molar-refractivity contribution in [1.29, 1.82) is 0 Å². The summed E-state index contributed by atoms with van der Waals surface area (Å²) in [5, 5.41) is 9.56. The van der Waals surface area contributed by atoms with Crippen LogP contribution in [0.1, 0.15) is 15.9 Å². The summed E-state index contributed by atoms with van der Waals surface area (Å²) < 4.78 is 13.6. The molecule has 6 heteroatoms. The molecule has 0 saturated carbocycles. The van der Waals surface area contributed by atoms with Crippen LogP contribution >= 0.6 is 11.8 Å². The van der Waals surface area contributed by atoms with Gasteiger partial charge in [-0.25, -0.2) is 14.2 Å². The molecule has 1 heterocycles. The molecule has 1 aromatic heterocycles. The maximum absolute atomic E-state index is 13.6. The van der Waals surface area contributed by atoms with Gasteiger partial charge in [-0.1, -0.05) is 0 Å². The van der Waals surface area contributed by atoms with Gasteiger partial charge in [-0.2, -0.15) is 0 Å². The summed E-state index contributed by atoms with van der Waals surface area (Å²) in [5.41, 5.74) is 6.48. The molecular formula is C13H11FN2O2S. The maximum Gasteiger partial charge on any atom is 0.335 e. The zero-order valence-corrected chi connectivity index (χ0v) is 10.7. The van der Waals surface area contributed by atoms with Crippen molar-refractivity contribution in [3.63, 3.8) is 0 Å². The first-order chi connectivity index (χ1) is 9.06. The van der Waals surface area contributed by atoms with Gasteiger partial charge in [0.05, 0.1) is 22.5 Å². The number of aromatic nitrogens is 1. The second-order valence-electron chi connectivity index (χ2n) is 3.83. The van der Waals surface area contributed by atoms with E-state index in [-0.39, 0.29) is 5.56 Å². The SMILES string of the molecule is Nc1ccc(SCc2cc(C(=O)O)ccc2F)nc1. The number of carboxylic acids is 1. The zero-order chi connectivity index (χ0) is 13.8. The lowest BCUT2D eigenvalue weighted by Gasteiger charge is -2.04. The molecule has 19 heavy (non-hydrogen) atoms. The van der Waals surface area contributed by atoms with Gasteiger partial charge >= 0.3 is 5.97 Å². The van der Waals surface area contributed by atoms with Crippen molar-refractivity contribution in [3.8, 4) is 0 Å². The molecule has 0 aliphatic carbocycles. The van der Waals surface area contributed by atoms with Crippen LogP contribution in [0.25, 0.3) is 0 Å². The smallest absolute Gasteiger partial charge is 0.335 e. The molecule has 0 amide bonds. The van der Waals surface area contributed by atoms with Crippen molar-refractivity contribution < 1.29 is 14.3 Å². The number of carbonyl (C=O) groups is 1. The highest BCUT2D eigenvalue weighted by molar-refractivity contribution is 7.98. The molecule has 98 valence electrons. The number of carboxylic acid groups (broad SMARTS) is 1. The normalized spacial score (nSPS) is 10.4. The van der Waals surface area contributed by atoms with Crippen molar-refractivity contribution in [2.24, 2.45) is 0 Å². The van der Waals surface area contributed by atoms with Crippen LogP contribution in [0.3, 0.4) is 0 Å². The minimum absolute atomic E-state index is 0.0715. The van der Waals surface area contributed by atoms with Crippen LogP contribution in [0.15, 0.2) is 41.6 Å². The predicted octanol–water partition coefficient (Wildman–Crippen LogP) is 2.79. The quantitative estimate of drug-likeness (QED) is 0.841. The fraction of sp³-hybridized carbons (Fsp3) is 0.0769. The summed E-state index contributed by atoms with van der Waals surface area (Å²) in [4.78, 5) is 14.9. The number of benzene rings is 1. The topological polar surface area (TPSA) is 76.2 Å². The highest BCUT2D eigenvalue weighted by atomic mass is 32.2. The van der Waals surface area contributed by atoms with Gasteiger partial charge in [0, 0.05) is 5.75 Å². The summed E-state index contributed by atoms with van der Waals surface area (Å²) in [6.45, 7) is 0. The van der Waals surface area contributed by atoms with Gasteiger partial charge in [0.2, 0.25) is 0 Å². The van der Waals surface area contributed by atoms with Crippen molar-refractivity contribution in [2.45, 2.75) is 10.8 Å². The van der Waals surface area contributed by atoms with Gasteiger partial charge in [-0.3, -0.25) is 0 Å². The number of pyridine rings is 1. The van der Waals surface area contributed by atoms with Gasteiger partial charge in [0.1, 0.15) is 5.82 Å². The Labute approximate surface area is 113 Å². The van der Waals surface area contributed by atoms with Gasteiger partial charge in [0.25, 0.3) is 0 Å². The Balaban J connectivity index is 2.12. The van der Waals surface area contributed by atoms with E-state index in [1.165, 1.54) is 30.1 Å². The van der Waals surface area contributed by atoms with Gasteiger partial charge in [-0.05, 0) is 35.9 Å². The van der Waals surface area contributed by atoms with Crippen molar-refractivity contribution >= 4 is 23.4 Å². The number of anilines is 1. The second-order valence-corrected chi connectivity index (χ2v) is 4.83. The third-order valence-electron chi connectivity index (χ3n) is 2.43.